The van der Waals surface area contributed by atoms with Crippen molar-refractivity contribution < 1.29 is 4.79 Å². The van der Waals surface area contributed by atoms with E-state index in [1.807, 2.05) is 18.0 Å². The SMILES string of the molecule is CN=C(NCCC(=O)N1CCN(c2ccccc2)CC1)N1CCC2(CCCC2)C1.I. The van der Waals surface area contributed by atoms with E-state index in [0.717, 1.165) is 45.2 Å². The average Bonchev–Trinajstić information content (AvgIpc) is 3.41. The van der Waals surface area contributed by atoms with Gasteiger partial charge < -0.3 is 20.0 Å². The number of aliphatic imine (C=N–C) groups is 1. The minimum Gasteiger partial charge on any atom is -0.368 e. The molecule has 6 nitrogen and oxygen atoms in total. The maximum Gasteiger partial charge on any atom is 0.224 e. The van der Waals surface area contributed by atoms with E-state index in [1.165, 1.54) is 37.8 Å². The van der Waals surface area contributed by atoms with E-state index in [4.69, 9.17) is 0 Å². The van der Waals surface area contributed by atoms with Crippen LogP contribution in [0, 0.1) is 5.41 Å². The van der Waals surface area contributed by atoms with Crippen LogP contribution in [0.2, 0.25) is 0 Å². The zero-order chi connectivity index (χ0) is 20.1. The summed E-state index contributed by atoms with van der Waals surface area (Å²) in [6.07, 6.45) is 7.32. The van der Waals surface area contributed by atoms with Crippen LogP contribution in [-0.4, -0.2) is 74.5 Å². The Balaban J connectivity index is 0.00000256. The summed E-state index contributed by atoms with van der Waals surface area (Å²) in [5.74, 6) is 1.21. The third-order valence-electron chi connectivity index (χ3n) is 6.99. The fourth-order valence-corrected chi connectivity index (χ4v) is 5.27. The van der Waals surface area contributed by atoms with E-state index in [9.17, 15) is 4.79 Å². The Morgan fingerprint density at radius 1 is 1.00 bits per heavy atom. The first-order chi connectivity index (χ1) is 14.2. The fourth-order valence-electron chi connectivity index (χ4n) is 5.27. The first-order valence-electron chi connectivity index (χ1n) is 11.2. The van der Waals surface area contributed by atoms with Crippen molar-refractivity contribution in [2.75, 3.05) is 57.8 Å². The molecular weight excluding hydrogens is 489 g/mol. The van der Waals surface area contributed by atoms with E-state index in [-0.39, 0.29) is 29.9 Å². The normalized spacial score (nSPS) is 21.1. The summed E-state index contributed by atoms with van der Waals surface area (Å²) < 4.78 is 0. The van der Waals surface area contributed by atoms with Crippen molar-refractivity contribution in [2.45, 2.75) is 38.5 Å². The monoisotopic (exact) mass is 525 g/mol. The van der Waals surface area contributed by atoms with E-state index in [0.29, 0.717) is 18.4 Å². The summed E-state index contributed by atoms with van der Waals surface area (Å²) in [6.45, 7) is 6.29. The molecule has 0 radical (unpaired) electrons. The van der Waals surface area contributed by atoms with Crippen molar-refractivity contribution in [3.8, 4) is 0 Å². The number of piperazine rings is 1. The van der Waals surface area contributed by atoms with Gasteiger partial charge in [0.05, 0.1) is 0 Å². The van der Waals surface area contributed by atoms with Crippen LogP contribution in [0.25, 0.3) is 0 Å². The van der Waals surface area contributed by atoms with Crippen molar-refractivity contribution in [1.29, 1.82) is 0 Å². The molecule has 1 spiro atoms. The summed E-state index contributed by atoms with van der Waals surface area (Å²) in [6, 6.07) is 10.5. The van der Waals surface area contributed by atoms with Gasteiger partial charge in [0.1, 0.15) is 0 Å². The van der Waals surface area contributed by atoms with Crippen LogP contribution in [0.3, 0.4) is 0 Å². The van der Waals surface area contributed by atoms with Gasteiger partial charge in [0.15, 0.2) is 5.96 Å². The molecule has 2 saturated heterocycles. The highest BCUT2D eigenvalue weighted by atomic mass is 127. The molecule has 30 heavy (non-hydrogen) atoms. The molecule has 1 aromatic carbocycles. The van der Waals surface area contributed by atoms with Crippen LogP contribution in [0.15, 0.2) is 35.3 Å². The summed E-state index contributed by atoms with van der Waals surface area (Å²) in [5.41, 5.74) is 1.78. The number of halogens is 1. The van der Waals surface area contributed by atoms with E-state index in [2.05, 4.69) is 44.4 Å². The van der Waals surface area contributed by atoms with Gasteiger partial charge in [-0.15, -0.1) is 24.0 Å². The highest BCUT2D eigenvalue weighted by Crippen LogP contribution is 2.45. The molecule has 1 saturated carbocycles. The number of para-hydroxylation sites is 1. The lowest BCUT2D eigenvalue weighted by molar-refractivity contribution is -0.131. The number of nitrogens with zero attached hydrogens (tertiary/aromatic N) is 4. The van der Waals surface area contributed by atoms with Crippen LogP contribution < -0.4 is 10.2 Å². The van der Waals surface area contributed by atoms with Crippen molar-refractivity contribution in [3.05, 3.63) is 30.3 Å². The highest BCUT2D eigenvalue weighted by molar-refractivity contribution is 14.0. The average molecular weight is 525 g/mol. The second kappa shape index (κ2) is 10.7. The predicted octanol–water partition coefficient (Wildman–Crippen LogP) is 3.18. The third kappa shape index (κ3) is 5.39. The van der Waals surface area contributed by atoms with Gasteiger partial charge in [-0.25, -0.2) is 0 Å². The Morgan fingerprint density at radius 2 is 1.70 bits per heavy atom. The van der Waals surface area contributed by atoms with Gasteiger partial charge in [-0.3, -0.25) is 9.79 Å². The van der Waals surface area contributed by atoms with Crippen molar-refractivity contribution in [2.24, 2.45) is 10.4 Å². The highest BCUT2D eigenvalue weighted by Gasteiger charge is 2.41. The Labute approximate surface area is 198 Å². The summed E-state index contributed by atoms with van der Waals surface area (Å²) in [4.78, 5) is 23.9. The number of anilines is 1. The number of rotatable bonds is 4. The first-order valence-corrected chi connectivity index (χ1v) is 11.2. The van der Waals surface area contributed by atoms with E-state index >= 15 is 0 Å². The first kappa shape index (κ1) is 23.2. The molecule has 0 aromatic heterocycles. The largest absolute Gasteiger partial charge is 0.368 e. The van der Waals surface area contributed by atoms with Gasteiger partial charge in [-0.1, -0.05) is 31.0 Å². The fraction of sp³-hybridized carbons (Fsp3) is 0.652. The molecular formula is C23H36IN5O. The van der Waals surface area contributed by atoms with Crippen LogP contribution in [0.4, 0.5) is 5.69 Å². The van der Waals surface area contributed by atoms with Gasteiger partial charge in [0, 0.05) is 65.0 Å². The number of amides is 1. The zero-order valence-electron chi connectivity index (χ0n) is 18.2. The number of nitrogens with one attached hydrogen (secondary N) is 1. The van der Waals surface area contributed by atoms with Gasteiger partial charge in [-0.2, -0.15) is 0 Å². The lowest BCUT2D eigenvalue weighted by atomic mass is 9.86. The molecule has 1 aliphatic carbocycles. The molecule has 2 heterocycles. The maximum atomic E-state index is 12.7. The Bertz CT molecular complexity index is 712. The molecule has 3 aliphatic rings. The van der Waals surface area contributed by atoms with Crippen molar-refractivity contribution >= 4 is 41.5 Å². The Kier molecular flexibility index (Phi) is 8.25. The molecule has 4 rings (SSSR count). The quantitative estimate of drug-likeness (QED) is 0.373. The lowest BCUT2D eigenvalue weighted by Gasteiger charge is -2.36. The molecule has 1 aromatic rings. The minimum atomic E-state index is 0. The maximum absolute atomic E-state index is 12.7. The molecule has 1 amide bonds. The Morgan fingerprint density at radius 3 is 2.37 bits per heavy atom. The van der Waals surface area contributed by atoms with Gasteiger partial charge in [0.25, 0.3) is 0 Å². The number of likely N-dealkylation sites (tertiary alicyclic amines) is 1. The third-order valence-corrected chi connectivity index (χ3v) is 6.99. The second-order valence-electron chi connectivity index (χ2n) is 8.81. The van der Waals surface area contributed by atoms with Gasteiger partial charge in [-0.05, 0) is 36.8 Å². The molecule has 2 aliphatic heterocycles. The van der Waals surface area contributed by atoms with E-state index < -0.39 is 0 Å². The summed E-state index contributed by atoms with van der Waals surface area (Å²) >= 11 is 0. The van der Waals surface area contributed by atoms with Crippen LogP contribution in [0.1, 0.15) is 38.5 Å². The van der Waals surface area contributed by atoms with Crippen LogP contribution in [-0.2, 0) is 4.79 Å². The Hall–Kier alpha value is -1.51. The summed E-state index contributed by atoms with van der Waals surface area (Å²) in [5, 5.41) is 3.44. The number of carbonyl (C=O) groups is 1. The molecule has 0 bridgehead atoms. The molecule has 0 atom stereocenters. The molecule has 0 unspecified atom stereocenters. The zero-order valence-corrected chi connectivity index (χ0v) is 20.5. The van der Waals surface area contributed by atoms with Crippen molar-refractivity contribution in [1.82, 2.24) is 15.1 Å². The summed E-state index contributed by atoms with van der Waals surface area (Å²) in [7, 11) is 1.85. The standard InChI is InChI=1S/C23H35N5O.HI/c1-24-22(28-14-12-23(19-28)10-5-6-11-23)25-13-9-21(29)27-17-15-26(16-18-27)20-7-3-2-4-8-20;/h2-4,7-8H,5-6,9-19H2,1H3,(H,24,25);1H. The number of hydrogen-bond donors (Lipinski definition) is 1. The minimum absolute atomic E-state index is 0. The van der Waals surface area contributed by atoms with Gasteiger partial charge >= 0.3 is 0 Å². The van der Waals surface area contributed by atoms with Crippen molar-refractivity contribution in [3.63, 3.8) is 0 Å². The van der Waals surface area contributed by atoms with Gasteiger partial charge in [0.2, 0.25) is 5.91 Å². The molecule has 3 fully saturated rings. The number of carbonyl (C=O) groups excluding carboxylic acids is 1. The lowest BCUT2D eigenvalue weighted by Crippen LogP contribution is -2.49. The number of benzene rings is 1. The predicted molar refractivity (Wildman–Crippen MR) is 134 cm³/mol. The van der Waals surface area contributed by atoms with Crippen LogP contribution >= 0.6 is 24.0 Å². The molecule has 1 N–H and O–H groups in total. The molecule has 7 heteroatoms. The number of guanidine groups is 1. The van der Waals surface area contributed by atoms with Crippen LogP contribution in [0.5, 0.6) is 0 Å². The van der Waals surface area contributed by atoms with E-state index in [1.54, 1.807) is 0 Å². The smallest absolute Gasteiger partial charge is 0.224 e. The second-order valence-corrected chi connectivity index (χ2v) is 8.81. The topological polar surface area (TPSA) is 51.2 Å². The number of hydrogen-bond acceptors (Lipinski definition) is 3. The molecule has 166 valence electrons.